The normalized spacial score (nSPS) is 12.9. The number of benzene rings is 2. The number of nitro benzene ring substituents is 1. The third-order valence-corrected chi connectivity index (χ3v) is 3.49. The lowest BCUT2D eigenvalue weighted by molar-refractivity contribution is -0.385. The number of nitro groups is 1. The van der Waals surface area contributed by atoms with Crippen molar-refractivity contribution in [3.05, 3.63) is 75.6 Å². The van der Waals surface area contributed by atoms with E-state index in [2.05, 4.69) is 5.32 Å². The summed E-state index contributed by atoms with van der Waals surface area (Å²) in [4.78, 5) is 21.5. The van der Waals surface area contributed by atoms with Gasteiger partial charge in [-0.3, -0.25) is 10.1 Å². The summed E-state index contributed by atoms with van der Waals surface area (Å²) in [5.41, 5.74) is 0.0421. The van der Waals surface area contributed by atoms with Crippen molar-refractivity contribution in [2.24, 2.45) is 0 Å². The van der Waals surface area contributed by atoms with Gasteiger partial charge >= 0.3 is 6.09 Å². The van der Waals surface area contributed by atoms with E-state index in [1.807, 2.05) is 6.07 Å². The van der Waals surface area contributed by atoms with E-state index in [1.165, 1.54) is 0 Å². The van der Waals surface area contributed by atoms with Gasteiger partial charge in [0.2, 0.25) is 0 Å². The number of halogens is 1. The predicted molar refractivity (Wildman–Crippen MR) is 88.7 cm³/mol. The molecule has 26 heavy (non-hydrogen) atoms. The third kappa shape index (κ3) is 5.50. The summed E-state index contributed by atoms with van der Waals surface area (Å²) in [5.74, 6) is -0.921. The molecule has 0 spiro atoms. The topological polar surface area (TPSA) is 122 Å². The molecule has 138 valence electrons. The van der Waals surface area contributed by atoms with Crippen LogP contribution in [0.2, 0.25) is 0 Å². The molecular weight excluding hydrogens is 347 g/mol. The Morgan fingerprint density at radius 2 is 1.92 bits per heavy atom. The number of rotatable bonds is 7. The van der Waals surface area contributed by atoms with Crippen LogP contribution in [0.25, 0.3) is 0 Å². The number of ether oxygens (including phenoxy) is 1. The van der Waals surface area contributed by atoms with Crippen LogP contribution in [-0.2, 0) is 11.3 Å². The van der Waals surface area contributed by atoms with E-state index in [-0.39, 0.29) is 18.7 Å². The Morgan fingerprint density at radius 3 is 2.58 bits per heavy atom. The van der Waals surface area contributed by atoms with E-state index < -0.39 is 34.7 Å². The monoisotopic (exact) mass is 364 g/mol. The van der Waals surface area contributed by atoms with Crippen LogP contribution in [-0.4, -0.2) is 33.9 Å². The van der Waals surface area contributed by atoms with Crippen LogP contribution in [0.3, 0.4) is 0 Å². The SMILES string of the molecule is O=C(NCC(O)C(O)c1cc(F)cc([N+](=O)[O-])c1)OCc1ccccc1. The van der Waals surface area contributed by atoms with E-state index in [4.69, 9.17) is 4.74 Å². The molecule has 0 aliphatic carbocycles. The number of nitrogens with one attached hydrogen (secondary N) is 1. The van der Waals surface area contributed by atoms with E-state index in [9.17, 15) is 29.5 Å². The van der Waals surface area contributed by atoms with Crippen LogP contribution in [0.5, 0.6) is 0 Å². The van der Waals surface area contributed by atoms with Crippen LogP contribution in [0.4, 0.5) is 14.9 Å². The molecule has 0 bridgehead atoms. The molecule has 0 aliphatic rings. The highest BCUT2D eigenvalue weighted by molar-refractivity contribution is 5.67. The van der Waals surface area contributed by atoms with Crippen LogP contribution >= 0.6 is 0 Å². The van der Waals surface area contributed by atoms with Gasteiger partial charge in [0.1, 0.15) is 24.6 Å². The van der Waals surface area contributed by atoms with E-state index in [1.54, 1.807) is 24.3 Å². The number of aliphatic hydroxyl groups excluding tert-OH is 2. The fourth-order valence-corrected chi connectivity index (χ4v) is 2.17. The van der Waals surface area contributed by atoms with E-state index in [0.29, 0.717) is 6.07 Å². The molecule has 2 unspecified atom stereocenters. The van der Waals surface area contributed by atoms with Crippen LogP contribution in [0.15, 0.2) is 48.5 Å². The second kappa shape index (κ2) is 8.88. The predicted octanol–water partition coefficient (Wildman–Crippen LogP) is 2.05. The maximum Gasteiger partial charge on any atom is 0.407 e. The minimum absolute atomic E-state index is 0.0292. The number of alkyl carbamates (subject to hydrolysis) is 1. The third-order valence-electron chi connectivity index (χ3n) is 3.49. The van der Waals surface area contributed by atoms with Gasteiger partial charge in [0, 0.05) is 12.6 Å². The summed E-state index contributed by atoms with van der Waals surface area (Å²) in [5, 5.41) is 32.9. The summed E-state index contributed by atoms with van der Waals surface area (Å²) in [7, 11) is 0. The number of amides is 1. The summed E-state index contributed by atoms with van der Waals surface area (Å²) in [6, 6.07) is 11.4. The van der Waals surface area contributed by atoms with Gasteiger partial charge in [0.05, 0.1) is 11.0 Å². The molecule has 3 N–H and O–H groups in total. The Morgan fingerprint density at radius 1 is 1.23 bits per heavy atom. The molecule has 0 saturated carbocycles. The van der Waals surface area contributed by atoms with Crippen molar-refractivity contribution in [1.29, 1.82) is 0 Å². The molecule has 0 radical (unpaired) electrons. The molecule has 0 saturated heterocycles. The number of carbonyl (C=O) groups is 1. The second-order valence-corrected chi connectivity index (χ2v) is 5.45. The maximum absolute atomic E-state index is 13.4. The molecule has 0 aromatic heterocycles. The van der Waals surface area contributed by atoms with Gasteiger partial charge in [-0.25, -0.2) is 9.18 Å². The molecule has 0 fully saturated rings. The van der Waals surface area contributed by atoms with Crippen molar-refractivity contribution in [2.75, 3.05) is 6.54 Å². The van der Waals surface area contributed by atoms with Gasteiger partial charge in [-0.2, -0.15) is 0 Å². The fraction of sp³-hybridized carbons (Fsp3) is 0.235. The number of nitrogens with zero attached hydrogens (tertiary/aromatic N) is 1. The van der Waals surface area contributed by atoms with E-state index in [0.717, 1.165) is 17.7 Å². The molecule has 8 nitrogen and oxygen atoms in total. The molecule has 9 heteroatoms. The van der Waals surface area contributed by atoms with Gasteiger partial charge in [-0.15, -0.1) is 0 Å². The summed E-state index contributed by atoms with van der Waals surface area (Å²) in [6.45, 7) is -0.361. The standard InChI is InChI=1S/C17H17FN2O6/c18-13-6-12(7-14(8-13)20(24)25)16(22)15(21)9-19-17(23)26-10-11-4-2-1-3-5-11/h1-8,15-16,21-22H,9-10H2,(H,19,23). The van der Waals surface area contributed by atoms with Gasteiger partial charge in [0.25, 0.3) is 5.69 Å². The lowest BCUT2D eigenvalue weighted by Gasteiger charge is -2.18. The molecule has 0 aliphatic heterocycles. The van der Waals surface area contributed by atoms with Crippen LogP contribution < -0.4 is 5.32 Å². The highest BCUT2D eigenvalue weighted by Gasteiger charge is 2.22. The van der Waals surface area contributed by atoms with Crippen molar-refractivity contribution >= 4 is 11.8 Å². The molecule has 2 aromatic rings. The van der Waals surface area contributed by atoms with Crippen LogP contribution in [0, 0.1) is 15.9 Å². The number of hydrogen-bond acceptors (Lipinski definition) is 6. The molecular formula is C17H17FN2O6. The minimum Gasteiger partial charge on any atom is -0.445 e. The zero-order valence-electron chi connectivity index (χ0n) is 13.5. The van der Waals surface area contributed by atoms with E-state index >= 15 is 0 Å². The Balaban J connectivity index is 1.87. The van der Waals surface area contributed by atoms with Crippen molar-refractivity contribution in [3.8, 4) is 0 Å². The van der Waals surface area contributed by atoms with Crippen molar-refractivity contribution in [3.63, 3.8) is 0 Å². The lowest BCUT2D eigenvalue weighted by atomic mass is 10.0. The first-order valence-corrected chi connectivity index (χ1v) is 7.62. The average molecular weight is 364 g/mol. The van der Waals surface area contributed by atoms with Gasteiger partial charge in [0.15, 0.2) is 0 Å². The highest BCUT2D eigenvalue weighted by atomic mass is 19.1. The second-order valence-electron chi connectivity index (χ2n) is 5.45. The smallest absolute Gasteiger partial charge is 0.407 e. The first kappa shape index (κ1) is 19.3. The van der Waals surface area contributed by atoms with Gasteiger partial charge in [-0.05, 0) is 17.2 Å². The minimum atomic E-state index is -1.63. The Kier molecular flexibility index (Phi) is 6.59. The first-order chi connectivity index (χ1) is 12.4. The fourth-order valence-electron chi connectivity index (χ4n) is 2.17. The summed E-state index contributed by atoms with van der Waals surface area (Å²) < 4.78 is 18.3. The summed E-state index contributed by atoms with van der Waals surface area (Å²) in [6.07, 6.45) is -3.95. The van der Waals surface area contributed by atoms with Gasteiger partial charge < -0.3 is 20.3 Å². The quantitative estimate of drug-likeness (QED) is 0.511. The largest absolute Gasteiger partial charge is 0.445 e. The Hall–Kier alpha value is -3.04. The Bertz CT molecular complexity index is 771. The lowest BCUT2D eigenvalue weighted by Crippen LogP contribution is -2.35. The maximum atomic E-state index is 13.4. The van der Waals surface area contributed by atoms with Crippen molar-refractivity contribution < 1.29 is 29.1 Å². The molecule has 2 atom stereocenters. The van der Waals surface area contributed by atoms with Gasteiger partial charge in [-0.1, -0.05) is 30.3 Å². The molecule has 0 heterocycles. The van der Waals surface area contributed by atoms with Crippen molar-refractivity contribution in [1.82, 2.24) is 5.32 Å². The number of non-ortho nitro benzene ring substituents is 1. The average Bonchev–Trinajstić information content (AvgIpc) is 2.64. The molecule has 2 rings (SSSR count). The summed E-state index contributed by atoms with van der Waals surface area (Å²) >= 11 is 0. The zero-order valence-corrected chi connectivity index (χ0v) is 13.5. The zero-order chi connectivity index (χ0) is 19.1. The highest BCUT2D eigenvalue weighted by Crippen LogP contribution is 2.23. The Labute approximate surface area is 148 Å². The van der Waals surface area contributed by atoms with Crippen molar-refractivity contribution in [2.45, 2.75) is 18.8 Å². The molecule has 1 amide bonds. The first-order valence-electron chi connectivity index (χ1n) is 7.62. The number of hydrogen-bond donors (Lipinski definition) is 3. The molecule has 2 aromatic carbocycles. The number of aliphatic hydroxyl groups is 2. The number of carbonyl (C=O) groups excluding carboxylic acids is 1. The van der Waals surface area contributed by atoms with Crippen LogP contribution in [0.1, 0.15) is 17.2 Å².